The molecule has 0 aromatic heterocycles. The average Bonchev–Trinajstić information content (AvgIpc) is 2.30. The highest BCUT2D eigenvalue weighted by Gasteiger charge is 2.31. The molecule has 1 aliphatic heterocycles. The topological polar surface area (TPSA) is 46.3 Å². The first kappa shape index (κ1) is 10.9. The fraction of sp³-hybridized carbons (Fsp3) is 0.889. The first-order valence-electron chi connectivity index (χ1n) is 4.53. The van der Waals surface area contributed by atoms with Crippen LogP contribution in [-0.4, -0.2) is 40.9 Å². The van der Waals surface area contributed by atoms with Gasteiger partial charge in [-0.25, -0.2) is 0 Å². The predicted molar refractivity (Wildman–Crippen MR) is 56.8 cm³/mol. The van der Waals surface area contributed by atoms with Crippen molar-refractivity contribution in [3.63, 3.8) is 0 Å². The number of carbonyl (C=O) groups is 1. The molecule has 1 saturated heterocycles. The standard InChI is InChI=1S/C9H18N2OS/c1-9(2,13-3)6-11-5-7(10)4-8(11)12/h7H,4-6,10H2,1-3H3. The van der Waals surface area contributed by atoms with Crippen molar-refractivity contribution in [3.05, 3.63) is 0 Å². The summed E-state index contributed by atoms with van der Waals surface area (Å²) in [5.41, 5.74) is 5.71. The summed E-state index contributed by atoms with van der Waals surface area (Å²) in [7, 11) is 0. The second-order valence-electron chi connectivity index (χ2n) is 4.20. The Balaban J connectivity index is 2.50. The highest BCUT2D eigenvalue weighted by atomic mass is 32.2. The van der Waals surface area contributed by atoms with Crippen LogP contribution in [0.1, 0.15) is 20.3 Å². The van der Waals surface area contributed by atoms with Crippen molar-refractivity contribution in [2.75, 3.05) is 19.3 Å². The van der Waals surface area contributed by atoms with Gasteiger partial charge in [0.05, 0.1) is 0 Å². The molecule has 1 heterocycles. The number of nitrogens with zero attached hydrogens (tertiary/aromatic N) is 1. The van der Waals surface area contributed by atoms with Gasteiger partial charge in [-0.1, -0.05) is 0 Å². The quantitative estimate of drug-likeness (QED) is 0.732. The second-order valence-corrected chi connectivity index (χ2v) is 5.72. The van der Waals surface area contributed by atoms with Gasteiger partial charge in [0.25, 0.3) is 0 Å². The lowest BCUT2D eigenvalue weighted by molar-refractivity contribution is -0.127. The molecule has 3 nitrogen and oxygen atoms in total. The van der Waals surface area contributed by atoms with E-state index in [0.29, 0.717) is 6.42 Å². The van der Waals surface area contributed by atoms with Gasteiger partial charge in [0, 0.05) is 30.3 Å². The molecule has 1 fully saturated rings. The molecule has 0 bridgehead atoms. The molecule has 0 radical (unpaired) electrons. The summed E-state index contributed by atoms with van der Waals surface area (Å²) in [4.78, 5) is 13.3. The minimum atomic E-state index is 0.0464. The smallest absolute Gasteiger partial charge is 0.224 e. The van der Waals surface area contributed by atoms with Crippen LogP contribution in [-0.2, 0) is 4.79 Å². The summed E-state index contributed by atoms with van der Waals surface area (Å²) >= 11 is 1.78. The third-order valence-electron chi connectivity index (χ3n) is 2.37. The largest absolute Gasteiger partial charge is 0.340 e. The van der Waals surface area contributed by atoms with Crippen LogP contribution in [0.15, 0.2) is 0 Å². The highest BCUT2D eigenvalue weighted by Crippen LogP contribution is 2.24. The Morgan fingerprint density at radius 2 is 2.31 bits per heavy atom. The fourth-order valence-electron chi connectivity index (χ4n) is 1.48. The molecule has 4 heteroatoms. The number of carbonyl (C=O) groups excluding carboxylic acids is 1. The van der Waals surface area contributed by atoms with E-state index in [2.05, 4.69) is 20.1 Å². The van der Waals surface area contributed by atoms with Crippen molar-refractivity contribution in [3.8, 4) is 0 Å². The van der Waals surface area contributed by atoms with E-state index >= 15 is 0 Å². The second kappa shape index (κ2) is 3.88. The van der Waals surface area contributed by atoms with Gasteiger partial charge >= 0.3 is 0 Å². The van der Waals surface area contributed by atoms with Gasteiger partial charge in [0.1, 0.15) is 0 Å². The van der Waals surface area contributed by atoms with Crippen LogP contribution in [0, 0.1) is 0 Å². The molecule has 13 heavy (non-hydrogen) atoms. The van der Waals surface area contributed by atoms with E-state index in [1.165, 1.54) is 0 Å². The maximum atomic E-state index is 11.4. The predicted octanol–water partition coefficient (Wildman–Crippen LogP) is 0.688. The van der Waals surface area contributed by atoms with Crippen molar-refractivity contribution in [2.45, 2.75) is 31.1 Å². The number of amides is 1. The summed E-state index contributed by atoms with van der Waals surface area (Å²) in [6.45, 7) is 5.83. The van der Waals surface area contributed by atoms with Gasteiger partial charge in [-0.05, 0) is 20.1 Å². The van der Waals surface area contributed by atoms with Crippen LogP contribution in [0.3, 0.4) is 0 Å². The number of likely N-dealkylation sites (tertiary alicyclic amines) is 1. The zero-order valence-electron chi connectivity index (χ0n) is 8.54. The Hall–Kier alpha value is -0.220. The molecular formula is C9H18N2OS. The summed E-state index contributed by atoms with van der Waals surface area (Å²) < 4.78 is 0.139. The lowest BCUT2D eigenvalue weighted by Gasteiger charge is -2.28. The maximum absolute atomic E-state index is 11.4. The van der Waals surface area contributed by atoms with E-state index in [1.54, 1.807) is 11.8 Å². The number of hydrogen-bond acceptors (Lipinski definition) is 3. The molecule has 0 spiro atoms. The number of nitrogens with two attached hydrogens (primary N) is 1. The molecule has 0 aromatic rings. The van der Waals surface area contributed by atoms with Crippen molar-refractivity contribution >= 4 is 17.7 Å². The van der Waals surface area contributed by atoms with Crippen molar-refractivity contribution in [1.29, 1.82) is 0 Å². The van der Waals surface area contributed by atoms with Crippen molar-refractivity contribution < 1.29 is 4.79 Å². The third-order valence-corrected chi connectivity index (χ3v) is 3.60. The minimum Gasteiger partial charge on any atom is -0.340 e. The zero-order chi connectivity index (χ0) is 10.1. The van der Waals surface area contributed by atoms with Gasteiger partial charge in [0.15, 0.2) is 0 Å². The van der Waals surface area contributed by atoms with Gasteiger partial charge < -0.3 is 10.6 Å². The van der Waals surface area contributed by atoms with E-state index < -0.39 is 0 Å². The van der Waals surface area contributed by atoms with Gasteiger partial charge in [-0.2, -0.15) is 11.8 Å². The van der Waals surface area contributed by atoms with Crippen molar-refractivity contribution in [1.82, 2.24) is 4.90 Å². The number of hydrogen-bond donors (Lipinski definition) is 1. The first-order chi connectivity index (χ1) is 5.94. The normalized spacial score (nSPS) is 24.2. The molecule has 1 amide bonds. The Morgan fingerprint density at radius 1 is 1.69 bits per heavy atom. The average molecular weight is 202 g/mol. The minimum absolute atomic E-state index is 0.0464. The van der Waals surface area contributed by atoms with Gasteiger partial charge in [-0.3, -0.25) is 4.79 Å². The lowest BCUT2D eigenvalue weighted by Crippen LogP contribution is -2.38. The SMILES string of the molecule is CSC(C)(C)CN1CC(N)CC1=O. The first-order valence-corrected chi connectivity index (χ1v) is 5.75. The zero-order valence-corrected chi connectivity index (χ0v) is 9.36. The highest BCUT2D eigenvalue weighted by molar-refractivity contribution is 7.99. The van der Waals surface area contributed by atoms with Crippen LogP contribution < -0.4 is 5.73 Å². The molecule has 1 atom stereocenters. The van der Waals surface area contributed by atoms with E-state index in [4.69, 9.17) is 5.73 Å². The Kier molecular flexibility index (Phi) is 3.24. The molecule has 1 unspecified atom stereocenters. The van der Waals surface area contributed by atoms with E-state index in [9.17, 15) is 4.79 Å². The van der Waals surface area contributed by atoms with Crippen LogP contribution in [0.2, 0.25) is 0 Å². The van der Waals surface area contributed by atoms with Crippen LogP contribution in [0.25, 0.3) is 0 Å². The Labute approximate surface area is 84.0 Å². The molecule has 1 aliphatic rings. The molecule has 0 aliphatic carbocycles. The number of rotatable bonds is 3. The summed E-state index contributed by atoms with van der Waals surface area (Å²) in [6, 6.07) is 0.0464. The third kappa shape index (κ3) is 2.88. The van der Waals surface area contributed by atoms with Crippen LogP contribution in [0.5, 0.6) is 0 Å². The Morgan fingerprint density at radius 3 is 2.69 bits per heavy atom. The van der Waals surface area contributed by atoms with Crippen molar-refractivity contribution in [2.24, 2.45) is 5.73 Å². The van der Waals surface area contributed by atoms with E-state index in [1.807, 2.05) is 4.90 Å². The molecule has 76 valence electrons. The van der Waals surface area contributed by atoms with Gasteiger partial charge in [-0.15, -0.1) is 0 Å². The van der Waals surface area contributed by atoms with E-state index in [-0.39, 0.29) is 16.7 Å². The lowest BCUT2D eigenvalue weighted by atomic mass is 10.2. The van der Waals surface area contributed by atoms with Crippen LogP contribution in [0.4, 0.5) is 0 Å². The molecular weight excluding hydrogens is 184 g/mol. The molecule has 0 saturated carbocycles. The van der Waals surface area contributed by atoms with E-state index in [0.717, 1.165) is 13.1 Å². The molecule has 2 N–H and O–H groups in total. The Bertz CT molecular complexity index is 206. The fourth-order valence-corrected chi connectivity index (χ4v) is 1.76. The summed E-state index contributed by atoms with van der Waals surface area (Å²) in [5, 5.41) is 0. The monoisotopic (exact) mass is 202 g/mol. The summed E-state index contributed by atoms with van der Waals surface area (Å²) in [5.74, 6) is 0.203. The molecule has 0 aromatic carbocycles. The number of thioether (sulfide) groups is 1. The maximum Gasteiger partial charge on any atom is 0.224 e. The van der Waals surface area contributed by atoms with Gasteiger partial charge in [0.2, 0.25) is 5.91 Å². The summed E-state index contributed by atoms with van der Waals surface area (Å²) in [6.07, 6.45) is 2.59. The molecule has 1 rings (SSSR count). The van der Waals surface area contributed by atoms with Crippen LogP contribution >= 0.6 is 11.8 Å².